The molecule has 0 aliphatic carbocycles. The van der Waals surface area contributed by atoms with Gasteiger partial charge < -0.3 is 14.3 Å². The molecule has 1 aromatic carbocycles. The lowest BCUT2D eigenvalue weighted by molar-refractivity contribution is -0.122. The Balaban J connectivity index is 1.42. The van der Waals surface area contributed by atoms with Crippen molar-refractivity contribution in [2.45, 2.75) is 13.1 Å². The minimum absolute atomic E-state index is 0.0570. The highest BCUT2D eigenvalue weighted by Gasteiger charge is 2.14. The quantitative estimate of drug-likeness (QED) is 0.577. The van der Waals surface area contributed by atoms with Crippen LogP contribution in [0.1, 0.15) is 5.89 Å². The molecule has 0 bridgehead atoms. The number of rotatable bonds is 5. The number of para-hydroxylation sites is 2. The number of pyridine rings is 1. The van der Waals surface area contributed by atoms with Gasteiger partial charge >= 0.3 is 5.76 Å². The van der Waals surface area contributed by atoms with Crippen LogP contribution in [-0.4, -0.2) is 25.6 Å². The van der Waals surface area contributed by atoms with E-state index < -0.39 is 5.76 Å². The number of carbonyl (C=O) groups is 1. The fourth-order valence-corrected chi connectivity index (χ4v) is 2.48. The Morgan fingerprint density at radius 3 is 2.81 bits per heavy atom. The second-order valence-electron chi connectivity index (χ2n) is 5.45. The summed E-state index contributed by atoms with van der Waals surface area (Å²) in [4.78, 5) is 32.2. The molecule has 0 radical (unpaired) electrons. The molecule has 0 aliphatic heterocycles. The lowest BCUT2D eigenvalue weighted by atomic mass is 10.2. The zero-order valence-electron chi connectivity index (χ0n) is 13.5. The van der Waals surface area contributed by atoms with E-state index in [1.165, 1.54) is 4.57 Å². The van der Waals surface area contributed by atoms with Crippen molar-refractivity contribution >= 4 is 17.0 Å². The summed E-state index contributed by atoms with van der Waals surface area (Å²) in [5.74, 6) is -0.287. The number of fused-ring (bicyclic) bond motifs is 1. The van der Waals surface area contributed by atoms with Crippen LogP contribution >= 0.6 is 0 Å². The largest absolute Gasteiger partial charge is 0.420 e. The van der Waals surface area contributed by atoms with Gasteiger partial charge in [-0.1, -0.05) is 17.3 Å². The number of nitrogens with zero attached hydrogens (tertiary/aromatic N) is 4. The van der Waals surface area contributed by atoms with E-state index in [0.29, 0.717) is 16.9 Å². The van der Waals surface area contributed by atoms with Crippen molar-refractivity contribution in [1.29, 1.82) is 0 Å². The summed E-state index contributed by atoms with van der Waals surface area (Å²) in [5.41, 5.74) is 1.76. The molecule has 0 spiro atoms. The van der Waals surface area contributed by atoms with Crippen molar-refractivity contribution in [3.05, 3.63) is 65.2 Å². The summed E-state index contributed by atoms with van der Waals surface area (Å²) in [6.45, 7) is -0.108. The van der Waals surface area contributed by atoms with Gasteiger partial charge in [-0.25, -0.2) is 4.79 Å². The summed E-state index contributed by atoms with van der Waals surface area (Å²) < 4.78 is 11.5. The molecule has 9 heteroatoms. The van der Waals surface area contributed by atoms with Gasteiger partial charge in [-0.15, -0.1) is 0 Å². The monoisotopic (exact) mass is 351 g/mol. The molecule has 1 N–H and O–H groups in total. The molecule has 0 unspecified atom stereocenters. The topological polar surface area (TPSA) is 116 Å². The van der Waals surface area contributed by atoms with Crippen LogP contribution in [0.25, 0.3) is 22.5 Å². The fraction of sp³-hybridized carbons (Fsp3) is 0.118. The summed E-state index contributed by atoms with van der Waals surface area (Å²) in [5, 5.41) is 6.50. The molecule has 26 heavy (non-hydrogen) atoms. The maximum Gasteiger partial charge on any atom is 0.420 e. The molecule has 3 aromatic heterocycles. The molecule has 3 heterocycles. The highest BCUT2D eigenvalue weighted by Crippen LogP contribution is 2.14. The number of carbonyl (C=O) groups excluding carboxylic acids is 1. The predicted octanol–water partition coefficient (Wildman–Crippen LogP) is 1.36. The van der Waals surface area contributed by atoms with Crippen LogP contribution in [0.5, 0.6) is 0 Å². The molecule has 0 saturated heterocycles. The molecule has 4 aromatic rings. The second kappa shape index (κ2) is 6.63. The van der Waals surface area contributed by atoms with Crippen LogP contribution in [-0.2, 0) is 17.9 Å². The van der Waals surface area contributed by atoms with E-state index >= 15 is 0 Å². The predicted molar refractivity (Wildman–Crippen MR) is 89.8 cm³/mol. The van der Waals surface area contributed by atoms with Gasteiger partial charge in [0.05, 0.1) is 12.1 Å². The molecular weight excluding hydrogens is 338 g/mol. The van der Waals surface area contributed by atoms with Crippen molar-refractivity contribution in [2.75, 3.05) is 0 Å². The van der Waals surface area contributed by atoms with E-state index in [2.05, 4.69) is 20.4 Å². The number of nitrogens with one attached hydrogen (secondary N) is 1. The Morgan fingerprint density at radius 2 is 1.96 bits per heavy atom. The van der Waals surface area contributed by atoms with Crippen molar-refractivity contribution in [2.24, 2.45) is 0 Å². The third-order valence-corrected chi connectivity index (χ3v) is 3.72. The summed E-state index contributed by atoms with van der Waals surface area (Å²) >= 11 is 0. The molecule has 130 valence electrons. The zero-order chi connectivity index (χ0) is 17.9. The van der Waals surface area contributed by atoms with E-state index in [0.717, 1.165) is 5.56 Å². The third-order valence-electron chi connectivity index (χ3n) is 3.72. The summed E-state index contributed by atoms with van der Waals surface area (Å²) in [6.07, 6.45) is 3.25. The molecule has 0 fully saturated rings. The van der Waals surface area contributed by atoms with Gasteiger partial charge in [-0.3, -0.25) is 14.3 Å². The van der Waals surface area contributed by atoms with Crippen LogP contribution in [0.4, 0.5) is 0 Å². The number of amides is 1. The standard InChI is InChI=1S/C17H13N5O4/c23-14(10-22-12-3-1-2-4-13(12)25-17(22)24)19-9-15-20-16(21-26-15)11-5-7-18-8-6-11/h1-8H,9-10H2,(H,19,23). The van der Waals surface area contributed by atoms with E-state index in [-0.39, 0.29) is 24.9 Å². The fourth-order valence-electron chi connectivity index (χ4n) is 2.48. The van der Waals surface area contributed by atoms with Crippen LogP contribution in [0.3, 0.4) is 0 Å². The first kappa shape index (κ1) is 15.8. The lowest BCUT2D eigenvalue weighted by Gasteiger charge is -2.03. The molecular formula is C17H13N5O4. The number of oxazole rings is 1. The second-order valence-corrected chi connectivity index (χ2v) is 5.45. The molecule has 4 rings (SSSR count). The highest BCUT2D eigenvalue weighted by atomic mass is 16.5. The van der Waals surface area contributed by atoms with Gasteiger partial charge in [0.25, 0.3) is 0 Å². The Labute approximate surface area is 146 Å². The number of aromatic nitrogens is 4. The number of benzene rings is 1. The van der Waals surface area contributed by atoms with Crippen molar-refractivity contribution in [3.63, 3.8) is 0 Å². The Bertz CT molecular complexity index is 1110. The van der Waals surface area contributed by atoms with Gasteiger partial charge in [-0.2, -0.15) is 4.98 Å². The first-order chi connectivity index (χ1) is 12.7. The van der Waals surface area contributed by atoms with Crippen LogP contribution < -0.4 is 11.1 Å². The van der Waals surface area contributed by atoms with Crippen molar-refractivity contribution in [1.82, 2.24) is 25.0 Å². The van der Waals surface area contributed by atoms with Crippen LogP contribution in [0.15, 0.2) is 62.5 Å². The summed E-state index contributed by atoms with van der Waals surface area (Å²) in [7, 11) is 0. The molecule has 0 atom stereocenters. The maximum absolute atomic E-state index is 12.1. The highest BCUT2D eigenvalue weighted by molar-refractivity contribution is 5.79. The summed E-state index contributed by atoms with van der Waals surface area (Å²) in [6, 6.07) is 10.4. The first-order valence-corrected chi connectivity index (χ1v) is 7.79. The van der Waals surface area contributed by atoms with E-state index in [4.69, 9.17) is 8.94 Å². The Kier molecular flexibility index (Phi) is 4.02. The van der Waals surface area contributed by atoms with Crippen molar-refractivity contribution < 1.29 is 13.7 Å². The lowest BCUT2D eigenvalue weighted by Crippen LogP contribution is -2.30. The van der Waals surface area contributed by atoms with Crippen LogP contribution in [0, 0.1) is 0 Å². The number of hydrogen-bond donors (Lipinski definition) is 1. The first-order valence-electron chi connectivity index (χ1n) is 7.79. The van der Waals surface area contributed by atoms with E-state index in [9.17, 15) is 9.59 Å². The normalized spacial score (nSPS) is 10.9. The van der Waals surface area contributed by atoms with Crippen LogP contribution in [0.2, 0.25) is 0 Å². The molecule has 0 saturated carbocycles. The van der Waals surface area contributed by atoms with Gasteiger partial charge in [0.15, 0.2) is 5.58 Å². The van der Waals surface area contributed by atoms with Gasteiger partial charge in [-0.05, 0) is 24.3 Å². The average molecular weight is 351 g/mol. The van der Waals surface area contributed by atoms with E-state index in [1.807, 2.05) is 0 Å². The minimum atomic E-state index is -0.584. The molecule has 9 nitrogen and oxygen atoms in total. The SMILES string of the molecule is O=C(Cn1c(=O)oc2ccccc21)NCc1nc(-c2ccncc2)no1. The Hall–Kier alpha value is -3.75. The maximum atomic E-state index is 12.1. The van der Waals surface area contributed by atoms with Gasteiger partial charge in [0.1, 0.15) is 6.54 Å². The third kappa shape index (κ3) is 3.09. The smallest absolute Gasteiger partial charge is 0.408 e. The minimum Gasteiger partial charge on any atom is -0.408 e. The van der Waals surface area contributed by atoms with Crippen molar-refractivity contribution in [3.8, 4) is 11.4 Å². The molecule has 1 amide bonds. The zero-order valence-corrected chi connectivity index (χ0v) is 13.5. The van der Waals surface area contributed by atoms with E-state index in [1.54, 1.807) is 48.8 Å². The van der Waals surface area contributed by atoms with Gasteiger partial charge in [0.2, 0.25) is 17.6 Å². The van der Waals surface area contributed by atoms with Gasteiger partial charge in [0, 0.05) is 18.0 Å². The molecule has 0 aliphatic rings. The Morgan fingerprint density at radius 1 is 1.15 bits per heavy atom. The number of hydrogen-bond acceptors (Lipinski definition) is 7. The average Bonchev–Trinajstić information content (AvgIpc) is 3.26.